The fourth-order valence-corrected chi connectivity index (χ4v) is 2.09. The third-order valence-electron chi connectivity index (χ3n) is 3.28. The van der Waals surface area contributed by atoms with E-state index in [-0.39, 0.29) is 36.5 Å². The minimum Gasteiger partial charge on any atom is -0.469 e. The molecule has 0 saturated heterocycles. The number of carbonyl (C=O) groups is 2. The van der Waals surface area contributed by atoms with Gasteiger partial charge in [0.25, 0.3) is 0 Å². The predicted molar refractivity (Wildman–Crippen MR) is 84.7 cm³/mol. The van der Waals surface area contributed by atoms with Crippen molar-refractivity contribution >= 4 is 17.7 Å². The molecule has 0 radical (unpaired) electrons. The van der Waals surface area contributed by atoms with E-state index in [9.17, 15) is 9.59 Å². The van der Waals surface area contributed by atoms with Crippen molar-refractivity contribution in [3.8, 4) is 0 Å². The molecule has 0 aliphatic carbocycles. The van der Waals surface area contributed by atoms with Gasteiger partial charge >= 0.3 is 11.9 Å². The molecule has 0 bridgehead atoms. The van der Waals surface area contributed by atoms with Crippen molar-refractivity contribution in [2.75, 3.05) is 14.2 Å². The molecular formula is C17H23NO4. The highest BCUT2D eigenvalue weighted by Gasteiger charge is 2.20. The van der Waals surface area contributed by atoms with Crippen LogP contribution in [0.3, 0.4) is 0 Å². The summed E-state index contributed by atoms with van der Waals surface area (Å²) in [7, 11) is 2.63. The molecule has 0 aromatic heterocycles. The van der Waals surface area contributed by atoms with Crippen LogP contribution in [0.15, 0.2) is 35.3 Å². The van der Waals surface area contributed by atoms with E-state index in [2.05, 4.69) is 9.73 Å². The van der Waals surface area contributed by atoms with Crippen LogP contribution >= 0.6 is 0 Å². The van der Waals surface area contributed by atoms with Crippen molar-refractivity contribution < 1.29 is 19.1 Å². The van der Waals surface area contributed by atoms with Gasteiger partial charge in [0.1, 0.15) is 5.71 Å². The number of nitrogens with zero attached hydrogens (tertiary/aromatic N) is 1. The highest BCUT2D eigenvalue weighted by atomic mass is 16.5. The summed E-state index contributed by atoms with van der Waals surface area (Å²) in [6, 6.07) is 9.60. The summed E-state index contributed by atoms with van der Waals surface area (Å²) in [5.74, 6) is -0.678. The highest BCUT2D eigenvalue weighted by Crippen LogP contribution is 2.26. The van der Waals surface area contributed by atoms with Crippen LogP contribution in [-0.4, -0.2) is 31.9 Å². The van der Waals surface area contributed by atoms with Gasteiger partial charge in [0.15, 0.2) is 0 Å². The Morgan fingerprint density at radius 1 is 1.05 bits per heavy atom. The Balaban J connectivity index is 3.04. The molecule has 0 N–H and O–H groups in total. The molecule has 1 atom stereocenters. The molecule has 22 heavy (non-hydrogen) atoms. The van der Waals surface area contributed by atoms with E-state index in [1.165, 1.54) is 14.2 Å². The number of hydrogen-bond acceptors (Lipinski definition) is 5. The number of aliphatic imine (C=N–C) groups is 1. The third kappa shape index (κ3) is 5.31. The van der Waals surface area contributed by atoms with Crippen LogP contribution in [0.25, 0.3) is 0 Å². The maximum atomic E-state index is 11.9. The first-order chi connectivity index (χ1) is 10.5. The summed E-state index contributed by atoms with van der Waals surface area (Å²) in [5.41, 5.74) is 1.28. The van der Waals surface area contributed by atoms with E-state index in [0.717, 1.165) is 5.56 Å². The van der Waals surface area contributed by atoms with E-state index in [0.29, 0.717) is 0 Å². The molecule has 5 heteroatoms. The molecular weight excluding hydrogens is 282 g/mol. The standard InChI is InChI=1S/C17H23NO4/c1-12(2)16(13-8-6-5-7-9-13)18-14(17(20)22-4)10-11-15(19)21-3/h5-9,12,16H,10-11H2,1-4H3. The Morgan fingerprint density at radius 2 is 1.68 bits per heavy atom. The van der Waals surface area contributed by atoms with Crippen molar-refractivity contribution in [2.24, 2.45) is 10.9 Å². The number of ether oxygens (including phenoxy) is 2. The summed E-state index contributed by atoms with van der Waals surface area (Å²) in [4.78, 5) is 27.7. The smallest absolute Gasteiger partial charge is 0.351 e. The van der Waals surface area contributed by atoms with Crippen LogP contribution in [0, 0.1) is 5.92 Å². The molecule has 0 saturated carbocycles. The van der Waals surface area contributed by atoms with Gasteiger partial charge in [-0.25, -0.2) is 4.79 Å². The van der Waals surface area contributed by atoms with Gasteiger partial charge in [0.05, 0.1) is 26.7 Å². The summed E-state index contributed by atoms with van der Waals surface area (Å²) < 4.78 is 9.38. The first-order valence-corrected chi connectivity index (χ1v) is 7.26. The van der Waals surface area contributed by atoms with E-state index >= 15 is 0 Å². The number of carbonyl (C=O) groups excluding carboxylic acids is 2. The molecule has 0 aliphatic heterocycles. The molecule has 1 aromatic rings. The average molecular weight is 305 g/mol. The van der Waals surface area contributed by atoms with Gasteiger partial charge in [0, 0.05) is 6.42 Å². The number of esters is 2. The molecule has 0 amide bonds. The molecule has 1 aromatic carbocycles. The Kier molecular flexibility index (Phi) is 7.29. The van der Waals surface area contributed by atoms with Gasteiger partial charge in [0.2, 0.25) is 0 Å². The van der Waals surface area contributed by atoms with Crippen LogP contribution in [0.1, 0.15) is 38.3 Å². The lowest BCUT2D eigenvalue weighted by Gasteiger charge is -2.18. The van der Waals surface area contributed by atoms with E-state index in [4.69, 9.17) is 4.74 Å². The van der Waals surface area contributed by atoms with Crippen molar-refractivity contribution in [3.63, 3.8) is 0 Å². The second kappa shape index (κ2) is 8.97. The molecule has 5 nitrogen and oxygen atoms in total. The summed E-state index contributed by atoms with van der Waals surface area (Å²) in [6.07, 6.45) is 0.305. The largest absolute Gasteiger partial charge is 0.469 e. The lowest BCUT2D eigenvalue weighted by atomic mass is 9.96. The minimum absolute atomic E-state index is 0.101. The first kappa shape index (κ1) is 17.9. The second-order valence-electron chi connectivity index (χ2n) is 5.24. The minimum atomic E-state index is -0.509. The Hall–Kier alpha value is -2.17. The lowest BCUT2D eigenvalue weighted by molar-refractivity contribution is -0.140. The summed E-state index contributed by atoms with van der Waals surface area (Å²) >= 11 is 0. The highest BCUT2D eigenvalue weighted by molar-refractivity contribution is 6.36. The van der Waals surface area contributed by atoms with Gasteiger partial charge in [-0.2, -0.15) is 0 Å². The molecule has 120 valence electrons. The zero-order chi connectivity index (χ0) is 16.5. The van der Waals surface area contributed by atoms with Gasteiger partial charge in [-0.05, 0) is 11.5 Å². The molecule has 0 fully saturated rings. The van der Waals surface area contributed by atoms with Gasteiger partial charge in [-0.3, -0.25) is 9.79 Å². The molecule has 0 spiro atoms. The molecule has 0 heterocycles. The van der Waals surface area contributed by atoms with Crippen LogP contribution in [0.5, 0.6) is 0 Å². The van der Waals surface area contributed by atoms with Crippen LogP contribution < -0.4 is 0 Å². The SMILES string of the molecule is COC(=O)CCC(=NC(c1ccccc1)C(C)C)C(=O)OC. The monoisotopic (exact) mass is 305 g/mol. The Labute approximate surface area is 131 Å². The topological polar surface area (TPSA) is 65.0 Å². The quantitative estimate of drug-likeness (QED) is 0.574. The number of benzene rings is 1. The van der Waals surface area contributed by atoms with E-state index < -0.39 is 5.97 Å². The zero-order valence-corrected chi connectivity index (χ0v) is 13.5. The van der Waals surface area contributed by atoms with Crippen molar-refractivity contribution in [1.29, 1.82) is 0 Å². The average Bonchev–Trinajstić information content (AvgIpc) is 2.54. The third-order valence-corrected chi connectivity index (χ3v) is 3.28. The Morgan fingerprint density at radius 3 is 2.18 bits per heavy atom. The zero-order valence-electron chi connectivity index (χ0n) is 13.5. The molecule has 0 aliphatic rings. The molecule has 1 rings (SSSR count). The van der Waals surface area contributed by atoms with Gasteiger partial charge in [-0.1, -0.05) is 44.2 Å². The fourth-order valence-electron chi connectivity index (χ4n) is 2.09. The lowest BCUT2D eigenvalue weighted by Crippen LogP contribution is -2.20. The first-order valence-electron chi connectivity index (χ1n) is 7.26. The van der Waals surface area contributed by atoms with Crippen molar-refractivity contribution in [3.05, 3.63) is 35.9 Å². The second-order valence-corrected chi connectivity index (χ2v) is 5.24. The van der Waals surface area contributed by atoms with Crippen LogP contribution in [-0.2, 0) is 19.1 Å². The number of hydrogen-bond donors (Lipinski definition) is 0. The summed E-state index contributed by atoms with van der Waals surface area (Å²) in [5, 5.41) is 0. The van der Waals surface area contributed by atoms with Gasteiger partial charge < -0.3 is 9.47 Å². The maximum Gasteiger partial charge on any atom is 0.351 e. The van der Waals surface area contributed by atoms with Crippen molar-refractivity contribution in [2.45, 2.75) is 32.7 Å². The summed E-state index contributed by atoms with van der Waals surface area (Å²) in [6.45, 7) is 4.08. The van der Waals surface area contributed by atoms with E-state index in [1.807, 2.05) is 44.2 Å². The Bertz CT molecular complexity index is 523. The van der Waals surface area contributed by atoms with Crippen LogP contribution in [0.4, 0.5) is 0 Å². The van der Waals surface area contributed by atoms with E-state index in [1.54, 1.807) is 0 Å². The van der Waals surface area contributed by atoms with Gasteiger partial charge in [-0.15, -0.1) is 0 Å². The fraction of sp³-hybridized carbons (Fsp3) is 0.471. The molecule has 1 unspecified atom stereocenters. The van der Waals surface area contributed by atoms with Crippen LogP contribution in [0.2, 0.25) is 0 Å². The normalized spacial score (nSPS) is 12.9. The van der Waals surface area contributed by atoms with Crippen molar-refractivity contribution in [1.82, 2.24) is 0 Å². The number of methoxy groups -OCH3 is 2. The number of rotatable bonds is 7. The maximum absolute atomic E-state index is 11.9. The predicted octanol–water partition coefficient (Wildman–Crippen LogP) is 2.95.